The molecule has 0 atom stereocenters. The van der Waals surface area contributed by atoms with Crippen molar-refractivity contribution in [3.63, 3.8) is 0 Å². The largest absolute Gasteiger partial charge is 0.0636 e. The molecule has 0 fully saturated rings. The van der Waals surface area contributed by atoms with E-state index in [2.05, 4.69) is 0 Å². The highest BCUT2D eigenvalue weighted by molar-refractivity contribution is 6.21. The van der Waals surface area contributed by atoms with Crippen LogP contribution >= 0.6 is 0 Å². The van der Waals surface area contributed by atoms with Gasteiger partial charge in [-0.05, 0) is 77.8 Å². The standard InChI is InChI=1S/C36H24/c1-3-11-25(12-4-1)28-21-19-26-20-22-29(24-30(26)23-28)36-33-17-9-7-15-31(33)35(27-13-5-2-6-14-27)32-16-8-10-18-34(32)36/h1-24H/i2D,5D,6D,7D,8D,9D,10D,13D,14D,15D,16D,17D,18D,19D,20D,21D,22D,23D,24D. The monoisotopic (exact) mass is 475 g/mol. The maximum absolute atomic E-state index is 9.56. The Morgan fingerprint density at radius 2 is 0.861 bits per heavy atom. The van der Waals surface area contributed by atoms with Crippen LogP contribution < -0.4 is 0 Å². The van der Waals surface area contributed by atoms with Crippen molar-refractivity contribution in [1.29, 1.82) is 0 Å². The van der Waals surface area contributed by atoms with Crippen LogP contribution in [0.2, 0.25) is 0 Å². The van der Waals surface area contributed by atoms with Crippen LogP contribution in [0, 0.1) is 0 Å². The molecule has 7 aromatic carbocycles. The minimum atomic E-state index is -0.851. The molecule has 7 rings (SSSR count). The third-order valence-electron chi connectivity index (χ3n) is 5.81. The van der Waals surface area contributed by atoms with Crippen LogP contribution in [0.25, 0.3) is 65.7 Å². The van der Waals surface area contributed by atoms with Gasteiger partial charge in [-0.1, -0.05) is 133 Å². The van der Waals surface area contributed by atoms with Crippen LogP contribution in [0.4, 0.5) is 0 Å². The van der Waals surface area contributed by atoms with Gasteiger partial charge in [0, 0.05) is 0 Å². The van der Waals surface area contributed by atoms with Gasteiger partial charge in [-0.3, -0.25) is 0 Å². The molecule has 0 heterocycles. The molecule has 36 heavy (non-hydrogen) atoms. The molecule has 0 nitrogen and oxygen atoms in total. The minimum absolute atomic E-state index is 0.0789. The normalized spacial score (nSPS) is 18.7. The zero-order chi connectivity index (χ0) is 40.4. The van der Waals surface area contributed by atoms with Gasteiger partial charge in [-0.2, -0.15) is 0 Å². The summed E-state index contributed by atoms with van der Waals surface area (Å²) in [5, 5.41) is -2.99. The number of hydrogen-bond donors (Lipinski definition) is 0. The maximum atomic E-state index is 9.56. The van der Waals surface area contributed by atoms with E-state index in [4.69, 9.17) is 21.9 Å². The van der Waals surface area contributed by atoms with Crippen LogP contribution in [0.15, 0.2) is 145 Å². The van der Waals surface area contributed by atoms with E-state index in [1.165, 1.54) is 0 Å². The Morgan fingerprint density at radius 1 is 0.361 bits per heavy atom. The highest BCUT2D eigenvalue weighted by Gasteiger charge is 2.16. The molecule has 7 aromatic rings. The van der Waals surface area contributed by atoms with E-state index in [1.54, 1.807) is 30.3 Å². The molecule has 0 aliphatic rings. The first-order valence-corrected chi connectivity index (χ1v) is 10.9. The van der Waals surface area contributed by atoms with E-state index in [0.717, 1.165) is 0 Å². The first-order chi connectivity index (χ1) is 25.8. The number of hydrogen-bond acceptors (Lipinski definition) is 0. The molecule has 0 N–H and O–H groups in total. The molecule has 0 aliphatic heterocycles. The molecule has 0 aromatic heterocycles. The smallest absolute Gasteiger partial charge is 0.0622 e. The Labute approximate surface area is 237 Å². The maximum Gasteiger partial charge on any atom is 0.0636 e. The van der Waals surface area contributed by atoms with Crippen LogP contribution in [0.5, 0.6) is 0 Å². The molecule has 0 saturated heterocycles. The van der Waals surface area contributed by atoms with Gasteiger partial charge in [-0.15, -0.1) is 0 Å². The van der Waals surface area contributed by atoms with Crippen molar-refractivity contribution in [3.8, 4) is 33.4 Å². The fourth-order valence-electron chi connectivity index (χ4n) is 4.25. The highest BCUT2D eigenvalue weighted by Crippen LogP contribution is 2.44. The lowest BCUT2D eigenvalue weighted by Crippen LogP contribution is -1.90. The fourth-order valence-corrected chi connectivity index (χ4v) is 4.25. The van der Waals surface area contributed by atoms with Crippen molar-refractivity contribution in [3.05, 3.63) is 145 Å². The first-order valence-electron chi connectivity index (χ1n) is 20.4. The lowest BCUT2D eigenvalue weighted by atomic mass is 9.85. The summed E-state index contributed by atoms with van der Waals surface area (Å²) >= 11 is 0. The highest BCUT2D eigenvalue weighted by atomic mass is 14.2. The van der Waals surface area contributed by atoms with E-state index in [1.807, 2.05) is 0 Å². The average Bonchev–Trinajstić information content (AvgIpc) is 3.16. The number of benzene rings is 7. The molecule has 0 saturated carbocycles. The number of fused-ring (bicyclic) bond motifs is 3. The van der Waals surface area contributed by atoms with Gasteiger partial charge in [0.2, 0.25) is 0 Å². The lowest BCUT2D eigenvalue weighted by Gasteiger charge is -2.18. The summed E-state index contributed by atoms with van der Waals surface area (Å²) in [5.74, 6) is 0. The fraction of sp³-hybridized carbons (Fsp3) is 0. The summed E-state index contributed by atoms with van der Waals surface area (Å²) in [5.41, 5.74) is -2.06. The molecule has 0 spiro atoms. The Hall–Kier alpha value is -4.68. The van der Waals surface area contributed by atoms with E-state index in [9.17, 15) is 4.11 Å². The van der Waals surface area contributed by atoms with Crippen LogP contribution in [0.1, 0.15) is 26.0 Å². The van der Waals surface area contributed by atoms with Gasteiger partial charge in [0.05, 0.1) is 26.0 Å². The minimum Gasteiger partial charge on any atom is -0.0622 e. The second-order valence-corrected chi connectivity index (χ2v) is 7.87. The van der Waals surface area contributed by atoms with Crippen molar-refractivity contribution in [2.45, 2.75) is 0 Å². The second-order valence-electron chi connectivity index (χ2n) is 7.87. The van der Waals surface area contributed by atoms with Gasteiger partial charge >= 0.3 is 0 Å². The van der Waals surface area contributed by atoms with Gasteiger partial charge in [0.1, 0.15) is 0 Å². The van der Waals surface area contributed by atoms with E-state index in [-0.39, 0.29) is 10.9 Å². The molecule has 168 valence electrons. The van der Waals surface area contributed by atoms with E-state index >= 15 is 0 Å². The summed E-state index contributed by atoms with van der Waals surface area (Å²) in [6, 6.07) is -6.58. The van der Waals surface area contributed by atoms with Crippen molar-refractivity contribution in [2.75, 3.05) is 0 Å². The predicted molar refractivity (Wildman–Crippen MR) is 155 cm³/mol. The van der Waals surface area contributed by atoms with Gasteiger partial charge in [-0.25, -0.2) is 0 Å². The van der Waals surface area contributed by atoms with E-state index in [0.29, 0.717) is 5.56 Å². The summed E-state index contributed by atoms with van der Waals surface area (Å²) in [7, 11) is 0. The van der Waals surface area contributed by atoms with Gasteiger partial charge in [0.15, 0.2) is 0 Å². The third-order valence-corrected chi connectivity index (χ3v) is 5.81. The quantitative estimate of drug-likeness (QED) is 0.223. The van der Waals surface area contributed by atoms with Crippen molar-refractivity contribution in [2.24, 2.45) is 0 Å². The zero-order valence-corrected chi connectivity index (χ0v) is 18.4. The van der Waals surface area contributed by atoms with Crippen molar-refractivity contribution < 1.29 is 26.0 Å². The molecule has 0 aliphatic carbocycles. The molecule has 0 unspecified atom stereocenters. The van der Waals surface area contributed by atoms with Crippen LogP contribution in [-0.4, -0.2) is 0 Å². The molecule has 0 radical (unpaired) electrons. The summed E-state index contributed by atoms with van der Waals surface area (Å²) < 4.78 is 168. The topological polar surface area (TPSA) is 0 Å². The Balaban J connectivity index is 1.88. The summed E-state index contributed by atoms with van der Waals surface area (Å²) in [4.78, 5) is 0. The number of rotatable bonds is 3. The van der Waals surface area contributed by atoms with Crippen molar-refractivity contribution >= 4 is 32.3 Å². The lowest BCUT2D eigenvalue weighted by molar-refractivity contribution is 1.64. The molecular formula is C36H24. The zero-order valence-electron chi connectivity index (χ0n) is 37.4. The first kappa shape index (κ1) is 9.08. The molecule has 0 bridgehead atoms. The van der Waals surface area contributed by atoms with Crippen LogP contribution in [-0.2, 0) is 0 Å². The Morgan fingerprint density at radius 3 is 1.47 bits per heavy atom. The van der Waals surface area contributed by atoms with Gasteiger partial charge in [0.25, 0.3) is 0 Å². The van der Waals surface area contributed by atoms with Crippen molar-refractivity contribution in [1.82, 2.24) is 0 Å². The molecule has 0 amide bonds. The molecular weight excluding hydrogens is 432 g/mol. The molecule has 0 heteroatoms. The predicted octanol–water partition coefficient (Wildman–Crippen LogP) is 10.1. The summed E-state index contributed by atoms with van der Waals surface area (Å²) in [6.45, 7) is 0. The average molecular weight is 476 g/mol. The third kappa shape index (κ3) is 3.39. The summed E-state index contributed by atoms with van der Waals surface area (Å²) in [6.07, 6.45) is 0. The second kappa shape index (κ2) is 8.52. The Kier molecular flexibility index (Phi) is 2.15. The SMILES string of the molecule is [2H]c1c([2H])c([2H])c(-c2c3c([2H])c([2H])c([2H])c([2H])c3c(-c3c([2H])c([2H])c4c([2H])c([2H])c(-c5ccccc5)c([2H])c4c3[2H])c3c([2H])c([2H])c([2H])c([2H])c23)c([2H])c1[2H]. The van der Waals surface area contributed by atoms with Crippen LogP contribution in [0.3, 0.4) is 0 Å². The Bertz CT molecular complexity index is 2790. The van der Waals surface area contributed by atoms with Gasteiger partial charge < -0.3 is 0 Å². The van der Waals surface area contributed by atoms with E-state index < -0.39 is 164 Å².